The molecule has 2 nitrogen and oxygen atoms in total. The highest BCUT2D eigenvalue weighted by Crippen LogP contribution is 2.41. The summed E-state index contributed by atoms with van der Waals surface area (Å²) in [4.78, 5) is 2.61. The Kier molecular flexibility index (Phi) is 4.56. The van der Waals surface area contributed by atoms with Crippen LogP contribution < -0.4 is 5.32 Å². The Morgan fingerprint density at radius 1 is 0.957 bits per heavy atom. The van der Waals surface area contributed by atoms with Gasteiger partial charge in [-0.1, -0.05) is 60.7 Å². The number of hydrogen-bond donors (Lipinski definition) is 1. The maximum atomic E-state index is 3.80. The summed E-state index contributed by atoms with van der Waals surface area (Å²) in [5, 5.41) is 3.80. The normalized spacial score (nSPS) is 23.3. The molecule has 0 radical (unpaired) electrons. The lowest BCUT2D eigenvalue weighted by Gasteiger charge is -2.53. The number of nitrogens with zero attached hydrogens (tertiary/aromatic N) is 1. The van der Waals surface area contributed by atoms with Crippen LogP contribution in [0.4, 0.5) is 0 Å². The summed E-state index contributed by atoms with van der Waals surface area (Å²) in [5.74, 6) is 0. The zero-order valence-corrected chi connectivity index (χ0v) is 14.7. The van der Waals surface area contributed by atoms with E-state index in [4.69, 9.17) is 0 Å². The number of hydrogen-bond acceptors (Lipinski definition) is 2. The zero-order chi connectivity index (χ0) is 16.4. The van der Waals surface area contributed by atoms with Crippen LogP contribution in [-0.4, -0.2) is 23.0 Å². The van der Waals surface area contributed by atoms with Gasteiger partial charge in [0.2, 0.25) is 0 Å². The summed E-state index contributed by atoms with van der Waals surface area (Å²) in [5.41, 5.74) is 2.94. The van der Waals surface area contributed by atoms with E-state index in [9.17, 15) is 0 Å². The summed E-state index contributed by atoms with van der Waals surface area (Å²) in [6, 6.07) is 23.1. The average molecular weight is 308 g/mol. The highest BCUT2D eigenvalue weighted by Gasteiger charge is 2.43. The van der Waals surface area contributed by atoms with Crippen molar-refractivity contribution in [2.24, 2.45) is 0 Å². The van der Waals surface area contributed by atoms with E-state index in [0.717, 1.165) is 6.54 Å². The van der Waals surface area contributed by atoms with Crippen molar-refractivity contribution >= 4 is 0 Å². The maximum Gasteiger partial charge on any atom is 0.0520 e. The quantitative estimate of drug-likeness (QED) is 0.890. The van der Waals surface area contributed by atoms with Crippen LogP contribution in [0, 0.1) is 0 Å². The molecule has 0 saturated carbocycles. The molecule has 1 N–H and O–H groups in total. The summed E-state index contributed by atoms with van der Waals surface area (Å²) < 4.78 is 0. The van der Waals surface area contributed by atoms with Crippen molar-refractivity contribution in [2.45, 2.75) is 51.4 Å². The first kappa shape index (κ1) is 16.2. The Labute approximate surface area is 140 Å². The first-order valence-corrected chi connectivity index (χ1v) is 8.59. The lowest BCUT2D eigenvalue weighted by molar-refractivity contribution is -0.00474. The monoisotopic (exact) mass is 308 g/mol. The Balaban J connectivity index is 1.83. The van der Waals surface area contributed by atoms with Gasteiger partial charge < -0.3 is 5.32 Å². The van der Waals surface area contributed by atoms with Crippen LogP contribution >= 0.6 is 0 Å². The van der Waals surface area contributed by atoms with Crippen molar-refractivity contribution in [3.63, 3.8) is 0 Å². The van der Waals surface area contributed by atoms with Gasteiger partial charge in [-0.15, -0.1) is 0 Å². The minimum Gasteiger partial charge on any atom is -0.306 e. The third-order valence-corrected chi connectivity index (χ3v) is 4.68. The summed E-state index contributed by atoms with van der Waals surface area (Å²) >= 11 is 0. The summed E-state index contributed by atoms with van der Waals surface area (Å²) in [6.07, 6.45) is 0. The van der Waals surface area contributed by atoms with Gasteiger partial charge in [0.1, 0.15) is 0 Å². The molecule has 0 bridgehead atoms. The van der Waals surface area contributed by atoms with Crippen molar-refractivity contribution in [3.05, 3.63) is 71.8 Å². The molecule has 2 aromatic rings. The van der Waals surface area contributed by atoms with Crippen LogP contribution in [0.15, 0.2) is 60.7 Å². The third kappa shape index (κ3) is 3.65. The largest absolute Gasteiger partial charge is 0.306 e. The van der Waals surface area contributed by atoms with Crippen LogP contribution in [0.5, 0.6) is 0 Å². The molecule has 0 spiro atoms. The molecule has 0 aliphatic carbocycles. The van der Waals surface area contributed by atoms with Crippen molar-refractivity contribution in [1.82, 2.24) is 10.2 Å². The molecular weight excluding hydrogens is 280 g/mol. The van der Waals surface area contributed by atoms with Gasteiger partial charge >= 0.3 is 0 Å². The Bertz CT molecular complexity index is 615. The van der Waals surface area contributed by atoms with E-state index in [-0.39, 0.29) is 5.54 Å². The predicted octanol–water partition coefficient (Wildman–Crippen LogP) is 4.56. The van der Waals surface area contributed by atoms with Gasteiger partial charge in [-0.3, -0.25) is 4.90 Å². The van der Waals surface area contributed by atoms with Crippen LogP contribution in [-0.2, 0) is 0 Å². The standard InChI is InChI=1S/C21H28N2/c1-16(17-11-7-5-8-12-17)23-15-19(22-21(2,3)4)20(23)18-13-9-6-10-14-18/h5-14,16,19-20,22H,15H2,1-4H3/t16-,19-,20-/m0/s1. The fraction of sp³-hybridized carbons (Fsp3) is 0.429. The van der Waals surface area contributed by atoms with Gasteiger partial charge in [-0.2, -0.15) is 0 Å². The maximum absolute atomic E-state index is 3.80. The Morgan fingerprint density at radius 3 is 2.09 bits per heavy atom. The number of rotatable bonds is 4. The first-order valence-electron chi connectivity index (χ1n) is 8.59. The molecule has 0 amide bonds. The van der Waals surface area contributed by atoms with Gasteiger partial charge in [0.15, 0.2) is 0 Å². The molecule has 0 unspecified atom stereocenters. The second-order valence-electron chi connectivity index (χ2n) is 7.64. The van der Waals surface area contributed by atoms with E-state index in [1.54, 1.807) is 0 Å². The van der Waals surface area contributed by atoms with Gasteiger partial charge in [-0.25, -0.2) is 0 Å². The van der Waals surface area contributed by atoms with Crippen molar-refractivity contribution in [1.29, 1.82) is 0 Å². The van der Waals surface area contributed by atoms with Crippen LogP contribution in [0.25, 0.3) is 0 Å². The van der Waals surface area contributed by atoms with Crippen molar-refractivity contribution < 1.29 is 0 Å². The van der Waals surface area contributed by atoms with Crippen molar-refractivity contribution in [2.75, 3.05) is 6.54 Å². The molecular formula is C21H28N2. The minimum absolute atomic E-state index is 0.139. The minimum atomic E-state index is 0.139. The molecule has 1 saturated heterocycles. The number of benzene rings is 2. The van der Waals surface area contributed by atoms with Gasteiger partial charge in [0.05, 0.1) is 6.04 Å². The summed E-state index contributed by atoms with van der Waals surface area (Å²) in [6.45, 7) is 10.2. The first-order chi connectivity index (χ1) is 11.0. The van der Waals surface area contributed by atoms with E-state index in [2.05, 4.69) is 98.6 Å². The smallest absolute Gasteiger partial charge is 0.0520 e. The molecule has 1 aliphatic heterocycles. The molecule has 1 heterocycles. The second kappa shape index (κ2) is 6.46. The fourth-order valence-electron chi connectivity index (χ4n) is 3.61. The van der Waals surface area contributed by atoms with E-state index in [1.165, 1.54) is 11.1 Å². The van der Waals surface area contributed by atoms with E-state index < -0.39 is 0 Å². The van der Waals surface area contributed by atoms with Crippen molar-refractivity contribution in [3.8, 4) is 0 Å². The fourth-order valence-corrected chi connectivity index (χ4v) is 3.61. The molecule has 2 heteroatoms. The molecule has 122 valence electrons. The van der Waals surface area contributed by atoms with Gasteiger partial charge in [0.25, 0.3) is 0 Å². The number of nitrogens with one attached hydrogen (secondary N) is 1. The predicted molar refractivity (Wildman–Crippen MR) is 97.4 cm³/mol. The van der Waals surface area contributed by atoms with E-state index in [1.807, 2.05) is 0 Å². The molecule has 23 heavy (non-hydrogen) atoms. The molecule has 0 aromatic heterocycles. The highest BCUT2D eigenvalue weighted by molar-refractivity contribution is 5.27. The molecule has 1 fully saturated rings. The molecule has 3 atom stereocenters. The van der Waals surface area contributed by atoms with Crippen LogP contribution in [0.2, 0.25) is 0 Å². The van der Waals surface area contributed by atoms with Gasteiger partial charge in [-0.05, 0) is 38.8 Å². The lowest BCUT2D eigenvalue weighted by atomic mass is 9.85. The van der Waals surface area contributed by atoms with Crippen LogP contribution in [0.3, 0.4) is 0 Å². The topological polar surface area (TPSA) is 15.3 Å². The van der Waals surface area contributed by atoms with E-state index in [0.29, 0.717) is 18.1 Å². The second-order valence-corrected chi connectivity index (χ2v) is 7.64. The third-order valence-electron chi connectivity index (χ3n) is 4.68. The van der Waals surface area contributed by atoms with E-state index >= 15 is 0 Å². The number of likely N-dealkylation sites (tertiary alicyclic amines) is 1. The average Bonchev–Trinajstić information content (AvgIpc) is 2.51. The zero-order valence-electron chi connectivity index (χ0n) is 14.7. The Hall–Kier alpha value is -1.64. The van der Waals surface area contributed by atoms with Gasteiger partial charge in [0, 0.05) is 24.2 Å². The molecule has 2 aromatic carbocycles. The lowest BCUT2D eigenvalue weighted by Crippen LogP contribution is -2.63. The molecule has 1 aliphatic rings. The SMILES string of the molecule is C[C@@H](c1ccccc1)N1C[C@H](NC(C)(C)C)[C@@H]1c1ccccc1. The highest BCUT2D eigenvalue weighted by atomic mass is 15.3. The van der Waals surface area contributed by atoms with Crippen LogP contribution in [0.1, 0.15) is 50.9 Å². The Morgan fingerprint density at radius 2 is 1.52 bits per heavy atom. The summed E-state index contributed by atoms with van der Waals surface area (Å²) in [7, 11) is 0. The molecule has 3 rings (SSSR count).